The summed E-state index contributed by atoms with van der Waals surface area (Å²) in [5, 5.41) is 0. The number of piperazine rings is 1. The van der Waals surface area contributed by atoms with E-state index >= 15 is 0 Å². The maximum atomic E-state index is 14.0. The van der Waals surface area contributed by atoms with E-state index in [0.717, 1.165) is 32.1 Å². The number of anilines is 1. The molecule has 2 aliphatic heterocycles. The highest BCUT2D eigenvalue weighted by Gasteiger charge is 2.37. The Bertz CT molecular complexity index is 659. The number of likely N-dealkylation sites (tertiary alicyclic amines) is 1. The largest absolute Gasteiger partial charge is 0.366 e. The molecule has 2 heterocycles. The molecule has 2 amide bonds. The third-order valence-electron chi connectivity index (χ3n) is 5.64. The van der Waals surface area contributed by atoms with Crippen LogP contribution < -0.4 is 4.90 Å². The van der Waals surface area contributed by atoms with Crippen LogP contribution in [-0.4, -0.2) is 60.4 Å². The van der Waals surface area contributed by atoms with Gasteiger partial charge in [0.2, 0.25) is 11.8 Å². The lowest BCUT2D eigenvalue weighted by Crippen LogP contribution is -2.54. The topological polar surface area (TPSA) is 43.9 Å². The van der Waals surface area contributed by atoms with Gasteiger partial charge in [0, 0.05) is 39.1 Å². The van der Waals surface area contributed by atoms with Crippen molar-refractivity contribution in [1.82, 2.24) is 9.80 Å². The fourth-order valence-electron chi connectivity index (χ4n) is 4.08. The number of carbonyl (C=O) groups excluding carboxylic acids is 2. The monoisotopic (exact) mass is 375 g/mol. The minimum absolute atomic E-state index is 0.0597. The van der Waals surface area contributed by atoms with Gasteiger partial charge in [0.15, 0.2) is 0 Å². The van der Waals surface area contributed by atoms with Gasteiger partial charge in [-0.25, -0.2) is 4.39 Å². The Kier molecular flexibility index (Phi) is 6.69. The molecule has 148 valence electrons. The molecule has 0 spiro atoms. The summed E-state index contributed by atoms with van der Waals surface area (Å²) in [6, 6.07) is 6.45. The van der Waals surface area contributed by atoms with Crippen molar-refractivity contribution in [1.29, 1.82) is 0 Å². The lowest BCUT2D eigenvalue weighted by molar-refractivity contribution is -0.144. The number of amides is 2. The molecule has 27 heavy (non-hydrogen) atoms. The molecule has 0 bridgehead atoms. The smallest absolute Gasteiger partial charge is 0.245 e. The molecule has 3 rings (SSSR count). The van der Waals surface area contributed by atoms with Crippen molar-refractivity contribution in [2.45, 2.75) is 51.5 Å². The lowest BCUT2D eigenvalue weighted by Gasteiger charge is -2.38. The van der Waals surface area contributed by atoms with Crippen LogP contribution in [-0.2, 0) is 9.59 Å². The second-order valence-corrected chi connectivity index (χ2v) is 7.47. The maximum Gasteiger partial charge on any atom is 0.245 e. The molecule has 0 aromatic heterocycles. The van der Waals surface area contributed by atoms with E-state index in [1.165, 1.54) is 6.07 Å². The predicted octanol–water partition coefficient (Wildman–Crippen LogP) is 3.05. The van der Waals surface area contributed by atoms with Crippen molar-refractivity contribution in [3.05, 3.63) is 30.1 Å². The molecule has 5 nitrogen and oxygen atoms in total. The van der Waals surface area contributed by atoms with Crippen LogP contribution in [0.15, 0.2) is 24.3 Å². The molecule has 0 saturated carbocycles. The van der Waals surface area contributed by atoms with E-state index in [0.29, 0.717) is 44.8 Å². The number of rotatable bonds is 6. The van der Waals surface area contributed by atoms with Crippen LogP contribution in [0.3, 0.4) is 0 Å². The number of carbonyl (C=O) groups is 2. The van der Waals surface area contributed by atoms with Crippen LogP contribution >= 0.6 is 0 Å². The van der Waals surface area contributed by atoms with E-state index in [4.69, 9.17) is 0 Å². The number of unbranched alkanes of at least 4 members (excludes halogenated alkanes) is 2. The molecular formula is C21H30FN3O2. The van der Waals surface area contributed by atoms with Crippen molar-refractivity contribution < 1.29 is 14.0 Å². The first kappa shape index (κ1) is 19.6. The third-order valence-corrected chi connectivity index (χ3v) is 5.64. The van der Waals surface area contributed by atoms with Gasteiger partial charge in [-0.15, -0.1) is 0 Å². The average Bonchev–Trinajstić information content (AvgIpc) is 3.18. The Morgan fingerprint density at radius 1 is 1.07 bits per heavy atom. The molecule has 1 atom stereocenters. The Balaban J connectivity index is 1.55. The molecule has 1 aromatic carbocycles. The first-order chi connectivity index (χ1) is 13.1. The van der Waals surface area contributed by atoms with Gasteiger partial charge in [-0.3, -0.25) is 9.59 Å². The fourth-order valence-corrected chi connectivity index (χ4v) is 4.08. The molecule has 0 N–H and O–H groups in total. The zero-order valence-corrected chi connectivity index (χ0v) is 16.2. The van der Waals surface area contributed by atoms with Gasteiger partial charge in [-0.05, 0) is 31.4 Å². The summed E-state index contributed by atoms with van der Waals surface area (Å²) in [5.41, 5.74) is 0.596. The number of benzene rings is 1. The van der Waals surface area contributed by atoms with Crippen molar-refractivity contribution >= 4 is 17.5 Å². The van der Waals surface area contributed by atoms with Gasteiger partial charge >= 0.3 is 0 Å². The zero-order valence-electron chi connectivity index (χ0n) is 16.2. The highest BCUT2D eigenvalue weighted by Crippen LogP contribution is 2.24. The van der Waals surface area contributed by atoms with Gasteiger partial charge in [-0.2, -0.15) is 0 Å². The second kappa shape index (κ2) is 9.20. The Hall–Kier alpha value is -2.11. The average molecular weight is 375 g/mol. The third kappa shape index (κ3) is 4.60. The SMILES string of the molecule is CCCCCC(=O)N1CCCC1C(=O)N1CCN(c2ccccc2F)CC1. The van der Waals surface area contributed by atoms with Crippen LogP contribution in [0.5, 0.6) is 0 Å². The second-order valence-electron chi connectivity index (χ2n) is 7.47. The Labute approximate surface area is 161 Å². The maximum absolute atomic E-state index is 14.0. The molecule has 2 fully saturated rings. The van der Waals surface area contributed by atoms with E-state index in [1.807, 2.05) is 15.9 Å². The van der Waals surface area contributed by atoms with E-state index in [1.54, 1.807) is 17.0 Å². The minimum Gasteiger partial charge on any atom is -0.366 e. The van der Waals surface area contributed by atoms with Gasteiger partial charge in [0.1, 0.15) is 11.9 Å². The molecule has 0 radical (unpaired) electrons. The molecule has 2 aliphatic rings. The van der Waals surface area contributed by atoms with E-state index < -0.39 is 0 Å². The predicted molar refractivity (Wildman–Crippen MR) is 104 cm³/mol. The van der Waals surface area contributed by atoms with Crippen LogP contribution in [0.2, 0.25) is 0 Å². The van der Waals surface area contributed by atoms with Gasteiger partial charge < -0.3 is 14.7 Å². The van der Waals surface area contributed by atoms with Crippen molar-refractivity contribution in [2.75, 3.05) is 37.6 Å². The summed E-state index contributed by atoms with van der Waals surface area (Å²) in [7, 11) is 0. The van der Waals surface area contributed by atoms with Crippen LogP contribution in [0.1, 0.15) is 45.4 Å². The molecule has 6 heteroatoms. The molecule has 1 unspecified atom stereocenters. The van der Waals surface area contributed by atoms with E-state index in [9.17, 15) is 14.0 Å². The fraction of sp³-hybridized carbons (Fsp3) is 0.619. The van der Waals surface area contributed by atoms with Gasteiger partial charge in [-0.1, -0.05) is 31.9 Å². The summed E-state index contributed by atoms with van der Waals surface area (Å²) < 4.78 is 14.0. The van der Waals surface area contributed by atoms with Crippen LogP contribution in [0, 0.1) is 5.82 Å². The summed E-state index contributed by atoms with van der Waals surface area (Å²) in [5.74, 6) is -0.0502. The summed E-state index contributed by atoms with van der Waals surface area (Å²) >= 11 is 0. The summed E-state index contributed by atoms with van der Waals surface area (Å²) in [6.07, 6.45) is 5.22. The lowest BCUT2D eigenvalue weighted by atomic mass is 10.1. The van der Waals surface area contributed by atoms with Gasteiger partial charge in [0.25, 0.3) is 0 Å². The number of para-hydroxylation sites is 1. The highest BCUT2D eigenvalue weighted by molar-refractivity contribution is 5.88. The highest BCUT2D eigenvalue weighted by atomic mass is 19.1. The van der Waals surface area contributed by atoms with Crippen LogP contribution in [0.4, 0.5) is 10.1 Å². The summed E-state index contributed by atoms with van der Waals surface area (Å²) in [4.78, 5) is 31.1. The van der Waals surface area contributed by atoms with E-state index in [2.05, 4.69) is 6.92 Å². The quantitative estimate of drug-likeness (QED) is 0.718. The van der Waals surface area contributed by atoms with E-state index in [-0.39, 0.29) is 23.7 Å². The minimum atomic E-state index is -0.306. The van der Waals surface area contributed by atoms with Crippen molar-refractivity contribution in [3.63, 3.8) is 0 Å². The van der Waals surface area contributed by atoms with Crippen molar-refractivity contribution in [2.24, 2.45) is 0 Å². The number of hydrogen-bond acceptors (Lipinski definition) is 3. The standard InChI is InChI=1S/C21H30FN3O2/c1-2-3-4-11-20(26)25-12-7-10-19(25)21(27)24-15-13-23(14-16-24)18-9-6-5-8-17(18)22/h5-6,8-9,19H,2-4,7,10-16H2,1H3. The number of halogens is 1. The zero-order chi connectivity index (χ0) is 19.2. The molecule has 1 aromatic rings. The Morgan fingerprint density at radius 2 is 1.81 bits per heavy atom. The Morgan fingerprint density at radius 3 is 2.52 bits per heavy atom. The molecule has 2 saturated heterocycles. The van der Waals surface area contributed by atoms with Crippen LogP contribution in [0.25, 0.3) is 0 Å². The molecular weight excluding hydrogens is 345 g/mol. The normalized spacial score (nSPS) is 20.2. The first-order valence-electron chi connectivity index (χ1n) is 10.2. The number of hydrogen-bond donors (Lipinski definition) is 0. The molecule has 0 aliphatic carbocycles. The van der Waals surface area contributed by atoms with Gasteiger partial charge in [0.05, 0.1) is 5.69 Å². The number of nitrogens with zero attached hydrogens (tertiary/aromatic N) is 3. The first-order valence-corrected chi connectivity index (χ1v) is 10.2. The van der Waals surface area contributed by atoms with Crippen molar-refractivity contribution in [3.8, 4) is 0 Å². The summed E-state index contributed by atoms with van der Waals surface area (Å²) in [6.45, 7) is 5.18.